The summed E-state index contributed by atoms with van der Waals surface area (Å²) in [6.45, 7) is 4.23. The first-order valence-corrected chi connectivity index (χ1v) is 6.26. The number of hydrogen-bond acceptors (Lipinski definition) is 1. The van der Waals surface area contributed by atoms with Crippen molar-refractivity contribution in [3.63, 3.8) is 0 Å². The van der Waals surface area contributed by atoms with Gasteiger partial charge in [-0.25, -0.2) is 4.39 Å². The highest BCUT2D eigenvalue weighted by molar-refractivity contribution is 6.06. The van der Waals surface area contributed by atoms with Crippen LogP contribution in [0, 0.1) is 12.7 Å². The van der Waals surface area contributed by atoms with Crippen molar-refractivity contribution >= 4 is 11.6 Å². The molecule has 0 radical (unpaired) electrons. The van der Waals surface area contributed by atoms with Crippen molar-refractivity contribution in [1.82, 2.24) is 0 Å². The van der Waals surface area contributed by atoms with E-state index in [2.05, 4.69) is 0 Å². The fraction of sp³-hybridized carbons (Fsp3) is 0.188. The molecule has 0 N–H and O–H groups in total. The lowest BCUT2D eigenvalue weighted by molar-refractivity contribution is 0.0987. The minimum atomic E-state index is -0.322. The average Bonchev–Trinajstić information content (AvgIpc) is 2.40. The molecule has 2 nitrogen and oxygen atoms in total. The van der Waals surface area contributed by atoms with Gasteiger partial charge in [-0.05, 0) is 49.7 Å². The van der Waals surface area contributed by atoms with Gasteiger partial charge in [0.15, 0.2) is 0 Å². The fourth-order valence-corrected chi connectivity index (χ4v) is 2.06. The maximum Gasteiger partial charge on any atom is 0.258 e. The predicted molar refractivity (Wildman–Crippen MR) is 74.9 cm³/mol. The minimum absolute atomic E-state index is 0.105. The molecule has 0 bridgehead atoms. The molecule has 2 rings (SSSR count). The summed E-state index contributed by atoms with van der Waals surface area (Å²) in [6, 6.07) is 13.7. The molecule has 0 aliphatic carbocycles. The van der Waals surface area contributed by atoms with Gasteiger partial charge in [0.2, 0.25) is 0 Å². The average molecular weight is 257 g/mol. The quantitative estimate of drug-likeness (QED) is 0.819. The Bertz CT molecular complexity index is 581. The topological polar surface area (TPSA) is 20.3 Å². The molecule has 0 saturated carbocycles. The lowest BCUT2D eigenvalue weighted by Crippen LogP contribution is -2.31. The van der Waals surface area contributed by atoms with Gasteiger partial charge in [-0.15, -0.1) is 0 Å². The van der Waals surface area contributed by atoms with Crippen LogP contribution in [0.5, 0.6) is 0 Å². The van der Waals surface area contributed by atoms with Gasteiger partial charge in [0.05, 0.1) is 0 Å². The van der Waals surface area contributed by atoms with E-state index in [1.165, 1.54) is 12.1 Å². The van der Waals surface area contributed by atoms with Crippen LogP contribution in [0.15, 0.2) is 48.5 Å². The Hall–Kier alpha value is -2.16. The number of halogens is 1. The summed E-state index contributed by atoms with van der Waals surface area (Å²) in [5.41, 5.74) is 2.03. The van der Waals surface area contributed by atoms with Crippen LogP contribution < -0.4 is 4.90 Å². The van der Waals surface area contributed by atoms with E-state index in [4.69, 9.17) is 0 Å². The first kappa shape index (κ1) is 13.3. The zero-order chi connectivity index (χ0) is 13.8. The number of anilines is 1. The maximum atomic E-state index is 13.1. The third-order valence-corrected chi connectivity index (χ3v) is 3.05. The molecule has 19 heavy (non-hydrogen) atoms. The normalized spacial score (nSPS) is 10.3. The van der Waals surface area contributed by atoms with Crippen LogP contribution in [0.1, 0.15) is 22.8 Å². The third-order valence-electron chi connectivity index (χ3n) is 3.05. The van der Waals surface area contributed by atoms with Gasteiger partial charge in [0, 0.05) is 17.8 Å². The summed E-state index contributed by atoms with van der Waals surface area (Å²) in [5.74, 6) is -0.428. The molecule has 0 aromatic heterocycles. The number of rotatable bonds is 3. The van der Waals surface area contributed by atoms with Crippen molar-refractivity contribution in [2.75, 3.05) is 11.4 Å². The SMILES string of the molecule is CCN(C(=O)c1ccc(F)cc1C)c1ccccc1. The van der Waals surface area contributed by atoms with Crippen LogP contribution in [0.4, 0.5) is 10.1 Å². The lowest BCUT2D eigenvalue weighted by Gasteiger charge is -2.22. The van der Waals surface area contributed by atoms with E-state index in [0.29, 0.717) is 17.7 Å². The molecular weight excluding hydrogens is 241 g/mol. The first-order chi connectivity index (χ1) is 9.13. The van der Waals surface area contributed by atoms with E-state index in [1.54, 1.807) is 17.9 Å². The zero-order valence-electron chi connectivity index (χ0n) is 11.1. The van der Waals surface area contributed by atoms with Gasteiger partial charge in [0.1, 0.15) is 5.82 Å². The molecule has 0 aliphatic heterocycles. The molecule has 3 heteroatoms. The lowest BCUT2D eigenvalue weighted by atomic mass is 10.1. The molecule has 0 saturated heterocycles. The number of amides is 1. The smallest absolute Gasteiger partial charge is 0.258 e. The van der Waals surface area contributed by atoms with Crippen LogP contribution in [0.25, 0.3) is 0 Å². The van der Waals surface area contributed by atoms with Crippen LogP contribution >= 0.6 is 0 Å². The van der Waals surface area contributed by atoms with Gasteiger partial charge < -0.3 is 4.90 Å². The van der Waals surface area contributed by atoms with E-state index in [-0.39, 0.29) is 11.7 Å². The highest BCUT2D eigenvalue weighted by Gasteiger charge is 2.17. The van der Waals surface area contributed by atoms with E-state index >= 15 is 0 Å². The van der Waals surface area contributed by atoms with Gasteiger partial charge in [-0.1, -0.05) is 18.2 Å². The molecule has 2 aromatic rings. The van der Waals surface area contributed by atoms with Gasteiger partial charge >= 0.3 is 0 Å². The molecule has 0 atom stereocenters. The summed E-state index contributed by atoms with van der Waals surface area (Å²) in [7, 11) is 0. The Kier molecular flexibility index (Phi) is 3.95. The van der Waals surface area contributed by atoms with Crippen LogP contribution in [0.2, 0.25) is 0 Å². The zero-order valence-corrected chi connectivity index (χ0v) is 11.1. The van der Waals surface area contributed by atoms with Crippen molar-refractivity contribution in [3.8, 4) is 0 Å². The molecule has 1 amide bonds. The molecule has 0 fully saturated rings. The van der Waals surface area contributed by atoms with Crippen molar-refractivity contribution < 1.29 is 9.18 Å². The molecule has 0 heterocycles. The summed E-state index contributed by atoms with van der Waals surface area (Å²) >= 11 is 0. The number of hydrogen-bond donors (Lipinski definition) is 0. The second-order valence-corrected chi connectivity index (χ2v) is 4.34. The Balaban J connectivity index is 2.36. The van der Waals surface area contributed by atoms with Crippen molar-refractivity contribution in [1.29, 1.82) is 0 Å². The number of nitrogens with zero attached hydrogens (tertiary/aromatic N) is 1. The Morgan fingerprint density at radius 1 is 1.16 bits per heavy atom. The van der Waals surface area contributed by atoms with Crippen molar-refractivity contribution in [2.45, 2.75) is 13.8 Å². The number of carbonyl (C=O) groups is 1. The highest BCUT2D eigenvalue weighted by Crippen LogP contribution is 2.19. The fourth-order valence-electron chi connectivity index (χ4n) is 2.06. The van der Waals surface area contributed by atoms with E-state index in [1.807, 2.05) is 37.3 Å². The third kappa shape index (κ3) is 2.81. The molecule has 0 unspecified atom stereocenters. The van der Waals surface area contributed by atoms with E-state index < -0.39 is 0 Å². The van der Waals surface area contributed by atoms with Crippen LogP contribution in [-0.2, 0) is 0 Å². The van der Waals surface area contributed by atoms with Crippen LogP contribution in [-0.4, -0.2) is 12.5 Å². The monoisotopic (exact) mass is 257 g/mol. The van der Waals surface area contributed by atoms with E-state index in [9.17, 15) is 9.18 Å². The minimum Gasteiger partial charge on any atom is -0.309 e. The predicted octanol–water partition coefficient (Wildman–Crippen LogP) is 3.80. The standard InChI is InChI=1S/C16H16FNO/c1-3-18(14-7-5-4-6-8-14)16(19)15-10-9-13(17)11-12(15)2/h4-11H,3H2,1-2H3. The summed E-state index contributed by atoms with van der Waals surface area (Å²) < 4.78 is 13.1. The Morgan fingerprint density at radius 3 is 2.42 bits per heavy atom. The number of para-hydroxylation sites is 1. The van der Waals surface area contributed by atoms with Crippen LogP contribution in [0.3, 0.4) is 0 Å². The van der Waals surface area contributed by atoms with Gasteiger partial charge in [-0.3, -0.25) is 4.79 Å². The molecular formula is C16H16FNO. The molecule has 0 spiro atoms. The number of carbonyl (C=O) groups excluding carboxylic acids is 1. The number of benzene rings is 2. The summed E-state index contributed by atoms with van der Waals surface area (Å²) in [5, 5.41) is 0. The second-order valence-electron chi connectivity index (χ2n) is 4.34. The second kappa shape index (κ2) is 5.65. The van der Waals surface area contributed by atoms with E-state index in [0.717, 1.165) is 5.69 Å². The van der Waals surface area contributed by atoms with Crippen molar-refractivity contribution in [3.05, 3.63) is 65.5 Å². The highest BCUT2D eigenvalue weighted by atomic mass is 19.1. The first-order valence-electron chi connectivity index (χ1n) is 6.26. The molecule has 0 aliphatic rings. The number of aryl methyl sites for hydroxylation is 1. The maximum absolute atomic E-state index is 13.1. The largest absolute Gasteiger partial charge is 0.309 e. The Morgan fingerprint density at radius 2 is 1.84 bits per heavy atom. The summed E-state index contributed by atoms with van der Waals surface area (Å²) in [4.78, 5) is 14.2. The Labute approximate surface area is 112 Å². The van der Waals surface area contributed by atoms with Crippen molar-refractivity contribution in [2.24, 2.45) is 0 Å². The molecule has 2 aromatic carbocycles. The summed E-state index contributed by atoms with van der Waals surface area (Å²) in [6.07, 6.45) is 0. The van der Waals surface area contributed by atoms with Gasteiger partial charge in [0.25, 0.3) is 5.91 Å². The molecule has 98 valence electrons. The van der Waals surface area contributed by atoms with Gasteiger partial charge in [-0.2, -0.15) is 0 Å².